The molecular formula is C7H8N4O6. The van der Waals surface area contributed by atoms with E-state index in [4.69, 9.17) is 10.6 Å². The molecule has 0 fully saturated rings. The smallest absolute Gasteiger partial charge is 0.318 e. The molecule has 0 aromatic heterocycles. The number of rotatable bonds is 5. The molecule has 92 valence electrons. The minimum Gasteiger partial charge on any atom is -0.496 e. The lowest BCUT2D eigenvalue weighted by Gasteiger charge is -2.14. The summed E-state index contributed by atoms with van der Waals surface area (Å²) in [7, 11) is 1.29. The van der Waals surface area contributed by atoms with Crippen molar-refractivity contribution < 1.29 is 19.7 Å². The predicted molar refractivity (Wildman–Crippen MR) is 54.4 cm³/mol. The monoisotopic (exact) mass is 244 g/mol. The first-order chi connectivity index (χ1) is 7.93. The average Bonchev–Trinajstić information content (AvgIpc) is 2.27. The molecule has 1 aromatic rings. The third kappa shape index (κ3) is 3.17. The summed E-state index contributed by atoms with van der Waals surface area (Å²) < 4.78 is 4.79. The molecule has 1 aromatic carbocycles. The van der Waals surface area contributed by atoms with E-state index in [0.717, 1.165) is 12.1 Å². The zero-order valence-corrected chi connectivity index (χ0v) is 8.60. The van der Waals surface area contributed by atoms with Crippen molar-refractivity contribution in [1.82, 2.24) is 0 Å². The molecule has 0 saturated carbocycles. The van der Waals surface area contributed by atoms with E-state index >= 15 is 0 Å². The summed E-state index contributed by atoms with van der Waals surface area (Å²) in [5.41, 5.74) is -0.422. The third-order valence-electron chi connectivity index (χ3n) is 1.73. The Labute approximate surface area is 94.3 Å². The van der Waals surface area contributed by atoms with E-state index in [1.807, 2.05) is 0 Å². The van der Waals surface area contributed by atoms with Crippen molar-refractivity contribution >= 4 is 11.4 Å². The number of nitro groups is 1. The quantitative estimate of drug-likeness (QED) is 0.447. The Balaban J connectivity index is 3.10. The number of hydrogen-bond donors (Lipinski definition) is 1. The van der Waals surface area contributed by atoms with Gasteiger partial charge in [0.25, 0.3) is 5.69 Å². The summed E-state index contributed by atoms with van der Waals surface area (Å²) >= 11 is 0. The van der Waals surface area contributed by atoms with Crippen LogP contribution in [0.15, 0.2) is 18.2 Å². The first-order valence-corrected chi connectivity index (χ1v) is 4.15. The Bertz CT molecular complexity index is 450. The molecule has 1 rings (SSSR count). The SMILES string of the molecule is COc1cc(N(N)O[N+](=O)[O-])cc([N+](=O)[O-])c1. The number of nitro benzene ring substituents is 1. The average molecular weight is 244 g/mol. The Morgan fingerprint density at radius 1 is 1.29 bits per heavy atom. The molecule has 2 N–H and O–H groups in total. The van der Waals surface area contributed by atoms with Crippen LogP contribution in [0.5, 0.6) is 5.75 Å². The summed E-state index contributed by atoms with van der Waals surface area (Å²) in [6.45, 7) is 0. The highest BCUT2D eigenvalue weighted by molar-refractivity contribution is 5.55. The zero-order chi connectivity index (χ0) is 13.0. The van der Waals surface area contributed by atoms with Crippen molar-refractivity contribution in [3.8, 4) is 5.75 Å². The second-order valence-electron chi connectivity index (χ2n) is 2.78. The van der Waals surface area contributed by atoms with Gasteiger partial charge in [-0.15, -0.1) is 15.3 Å². The maximum absolute atomic E-state index is 10.6. The second-order valence-corrected chi connectivity index (χ2v) is 2.78. The highest BCUT2D eigenvalue weighted by atomic mass is 17.0. The lowest BCUT2D eigenvalue weighted by molar-refractivity contribution is -0.762. The molecule has 0 atom stereocenters. The Kier molecular flexibility index (Phi) is 3.62. The maximum Gasteiger partial charge on any atom is 0.318 e. The molecule has 10 nitrogen and oxygen atoms in total. The van der Waals surface area contributed by atoms with Gasteiger partial charge in [-0.1, -0.05) is 0 Å². The highest BCUT2D eigenvalue weighted by Crippen LogP contribution is 2.27. The highest BCUT2D eigenvalue weighted by Gasteiger charge is 2.15. The fourth-order valence-corrected chi connectivity index (χ4v) is 1.04. The standard InChI is InChI=1S/C7H8N4O6/c1-16-7-3-5(9(8)17-11(14)15)2-6(4-7)10(12)13/h2-4H,8H2,1H3. The summed E-state index contributed by atoms with van der Waals surface area (Å²) in [6, 6.07) is 3.39. The van der Waals surface area contributed by atoms with Crippen molar-refractivity contribution in [1.29, 1.82) is 0 Å². The lowest BCUT2D eigenvalue weighted by Crippen LogP contribution is -2.33. The number of anilines is 1. The number of non-ortho nitro benzene ring substituents is 1. The molecule has 0 aliphatic rings. The van der Waals surface area contributed by atoms with Crippen molar-refractivity contribution in [2.45, 2.75) is 0 Å². The normalized spacial score (nSPS) is 9.53. The van der Waals surface area contributed by atoms with Crippen LogP contribution in [0.25, 0.3) is 0 Å². The van der Waals surface area contributed by atoms with Crippen LogP contribution in [-0.4, -0.2) is 17.1 Å². The van der Waals surface area contributed by atoms with Crippen LogP contribution < -0.4 is 15.8 Å². The fraction of sp³-hybridized carbons (Fsp3) is 0.143. The van der Waals surface area contributed by atoms with Crippen molar-refractivity contribution in [3.63, 3.8) is 0 Å². The van der Waals surface area contributed by atoms with Gasteiger partial charge in [-0.2, -0.15) is 4.94 Å². The van der Waals surface area contributed by atoms with Crippen LogP contribution in [0.3, 0.4) is 0 Å². The van der Waals surface area contributed by atoms with Crippen LogP contribution in [-0.2, 0) is 4.94 Å². The summed E-state index contributed by atoms with van der Waals surface area (Å²) in [5, 5.41) is 19.8. The molecule has 0 bridgehead atoms. The van der Waals surface area contributed by atoms with Gasteiger partial charge in [0.05, 0.1) is 23.8 Å². The Hall–Kier alpha value is -2.62. The molecule has 0 amide bonds. The van der Waals surface area contributed by atoms with Gasteiger partial charge in [-0.05, 0) is 0 Å². The van der Waals surface area contributed by atoms with Crippen molar-refractivity contribution in [2.75, 3.05) is 12.3 Å². The van der Waals surface area contributed by atoms with Crippen molar-refractivity contribution in [3.05, 3.63) is 38.4 Å². The molecule has 0 radical (unpaired) electrons. The van der Waals surface area contributed by atoms with Gasteiger partial charge >= 0.3 is 5.09 Å². The first kappa shape index (κ1) is 12.4. The number of hydrogen-bond acceptors (Lipinski definition) is 8. The summed E-state index contributed by atoms with van der Waals surface area (Å²) in [4.78, 5) is 23.9. The molecule has 0 heterocycles. The van der Waals surface area contributed by atoms with Gasteiger partial charge in [0.1, 0.15) is 5.75 Å². The minimum absolute atomic E-state index is 0.0900. The molecule has 0 unspecified atom stereocenters. The number of benzene rings is 1. The van der Waals surface area contributed by atoms with E-state index in [9.17, 15) is 20.2 Å². The first-order valence-electron chi connectivity index (χ1n) is 4.15. The Morgan fingerprint density at radius 2 is 1.94 bits per heavy atom. The maximum atomic E-state index is 10.6. The topological polar surface area (TPSA) is 134 Å². The summed E-state index contributed by atoms with van der Waals surface area (Å²) in [5.74, 6) is 5.30. The lowest BCUT2D eigenvalue weighted by atomic mass is 10.2. The van der Waals surface area contributed by atoms with Gasteiger partial charge in [0.2, 0.25) is 0 Å². The van der Waals surface area contributed by atoms with E-state index in [1.165, 1.54) is 13.2 Å². The number of ether oxygens (including phenoxy) is 1. The fourth-order valence-electron chi connectivity index (χ4n) is 1.04. The third-order valence-corrected chi connectivity index (χ3v) is 1.73. The van der Waals surface area contributed by atoms with E-state index < -0.39 is 10.0 Å². The zero-order valence-electron chi connectivity index (χ0n) is 8.60. The van der Waals surface area contributed by atoms with Crippen LogP contribution in [0.2, 0.25) is 0 Å². The van der Waals surface area contributed by atoms with Gasteiger partial charge in [-0.25, -0.2) is 5.84 Å². The minimum atomic E-state index is -1.15. The number of methoxy groups -OCH3 is 1. The number of hydrazine groups is 1. The number of nitrogens with two attached hydrogens (primary N) is 1. The van der Waals surface area contributed by atoms with Crippen LogP contribution in [0.1, 0.15) is 0 Å². The molecular weight excluding hydrogens is 236 g/mol. The van der Waals surface area contributed by atoms with Gasteiger partial charge in [0, 0.05) is 12.1 Å². The molecule has 0 aliphatic heterocycles. The van der Waals surface area contributed by atoms with Crippen LogP contribution in [0.4, 0.5) is 11.4 Å². The molecule has 17 heavy (non-hydrogen) atoms. The molecule has 0 spiro atoms. The largest absolute Gasteiger partial charge is 0.496 e. The van der Waals surface area contributed by atoms with Crippen LogP contribution >= 0.6 is 0 Å². The van der Waals surface area contributed by atoms with Crippen LogP contribution in [0, 0.1) is 20.2 Å². The molecule has 10 heteroatoms. The van der Waals surface area contributed by atoms with E-state index in [2.05, 4.69) is 4.94 Å². The van der Waals surface area contributed by atoms with Gasteiger partial charge < -0.3 is 4.74 Å². The predicted octanol–water partition coefficient (Wildman–Crippen LogP) is 0.407. The summed E-state index contributed by atoms with van der Waals surface area (Å²) in [6.07, 6.45) is 0. The van der Waals surface area contributed by atoms with E-state index in [-0.39, 0.29) is 22.3 Å². The number of nitrogens with zero attached hydrogens (tertiary/aromatic N) is 3. The Morgan fingerprint density at radius 3 is 2.41 bits per heavy atom. The van der Waals surface area contributed by atoms with E-state index in [1.54, 1.807) is 0 Å². The molecule has 0 saturated heterocycles. The van der Waals surface area contributed by atoms with Gasteiger partial charge in [-0.3, -0.25) is 10.1 Å². The second kappa shape index (κ2) is 4.94. The van der Waals surface area contributed by atoms with Crippen molar-refractivity contribution in [2.24, 2.45) is 5.84 Å². The van der Waals surface area contributed by atoms with Gasteiger partial charge in [0.15, 0.2) is 0 Å². The molecule has 0 aliphatic carbocycles. The van der Waals surface area contributed by atoms with E-state index in [0.29, 0.717) is 0 Å².